The van der Waals surface area contributed by atoms with Gasteiger partial charge in [0, 0.05) is 23.3 Å². The molecule has 0 aliphatic rings. The van der Waals surface area contributed by atoms with Crippen LogP contribution < -0.4 is 5.73 Å². The molecule has 0 saturated carbocycles. The van der Waals surface area contributed by atoms with Gasteiger partial charge in [0.2, 0.25) is 0 Å². The zero-order valence-corrected chi connectivity index (χ0v) is 12.6. The van der Waals surface area contributed by atoms with Crippen molar-refractivity contribution >= 4 is 15.7 Å². The van der Waals surface area contributed by atoms with Crippen LogP contribution in [0, 0.1) is 0 Å². The Kier molecular flexibility index (Phi) is 3.60. The van der Waals surface area contributed by atoms with E-state index < -0.39 is 15.3 Å². The Morgan fingerprint density at radius 1 is 1.25 bits per heavy atom. The molecule has 6 heteroatoms. The zero-order chi connectivity index (χ0) is 15.0. The maximum absolute atomic E-state index is 11.5. The van der Waals surface area contributed by atoms with Crippen LogP contribution in [0.15, 0.2) is 34.9 Å². The largest absolute Gasteiger partial charge is 0.381 e. The van der Waals surface area contributed by atoms with E-state index in [2.05, 4.69) is 5.16 Å². The third-order valence-electron chi connectivity index (χ3n) is 3.10. The third-order valence-corrected chi connectivity index (χ3v) is 4.35. The lowest BCUT2D eigenvalue weighted by Gasteiger charge is -2.24. The van der Waals surface area contributed by atoms with Crippen LogP contribution in [0.4, 0.5) is 5.82 Å². The smallest absolute Gasteiger partial charge is 0.169 e. The predicted molar refractivity (Wildman–Crippen MR) is 79.1 cm³/mol. The monoisotopic (exact) mass is 294 g/mol. The van der Waals surface area contributed by atoms with Crippen molar-refractivity contribution in [1.29, 1.82) is 0 Å². The lowest BCUT2D eigenvalue weighted by atomic mass is 9.86. The summed E-state index contributed by atoms with van der Waals surface area (Å²) in [5, 5.41) is 3.64. The second-order valence-corrected chi connectivity index (χ2v) is 7.79. The number of hydrogen-bond acceptors (Lipinski definition) is 5. The lowest BCUT2D eigenvalue weighted by Crippen LogP contribution is -2.27. The first-order chi connectivity index (χ1) is 9.17. The van der Waals surface area contributed by atoms with E-state index in [1.165, 1.54) is 6.26 Å². The second kappa shape index (κ2) is 4.94. The van der Waals surface area contributed by atoms with Gasteiger partial charge in [0.25, 0.3) is 0 Å². The number of nitrogens with two attached hydrogens (primary N) is 1. The molecule has 108 valence electrons. The van der Waals surface area contributed by atoms with Crippen molar-refractivity contribution < 1.29 is 12.9 Å². The van der Waals surface area contributed by atoms with Crippen LogP contribution in [-0.2, 0) is 15.3 Å². The van der Waals surface area contributed by atoms with Gasteiger partial charge in [-0.2, -0.15) is 0 Å². The molecule has 0 amide bonds. The molecule has 2 rings (SSSR count). The first-order valence-corrected chi connectivity index (χ1v) is 8.24. The summed E-state index contributed by atoms with van der Waals surface area (Å²) in [5.74, 6) is 1.03. The molecule has 0 spiro atoms. The number of benzene rings is 1. The molecule has 0 radical (unpaired) electrons. The summed E-state index contributed by atoms with van der Waals surface area (Å²) in [6, 6.07) is 9.20. The highest BCUT2D eigenvalue weighted by Gasteiger charge is 2.25. The minimum Gasteiger partial charge on any atom is -0.381 e. The molecule has 0 fully saturated rings. The molecule has 5 nitrogen and oxygen atoms in total. The molecule has 0 atom stereocenters. The third kappa shape index (κ3) is 3.39. The number of rotatable bonds is 4. The van der Waals surface area contributed by atoms with Gasteiger partial charge in [-0.25, -0.2) is 8.42 Å². The SMILES string of the molecule is CC(C)(CS(C)(=O)=O)c1ccc(-c2cc(N)no2)cc1. The summed E-state index contributed by atoms with van der Waals surface area (Å²) in [4.78, 5) is 0. The van der Waals surface area contributed by atoms with Crippen molar-refractivity contribution in [3.63, 3.8) is 0 Å². The fraction of sp³-hybridized carbons (Fsp3) is 0.357. The summed E-state index contributed by atoms with van der Waals surface area (Å²) in [5.41, 5.74) is 6.89. The quantitative estimate of drug-likeness (QED) is 0.934. The topological polar surface area (TPSA) is 86.2 Å². The summed E-state index contributed by atoms with van der Waals surface area (Å²) >= 11 is 0. The van der Waals surface area contributed by atoms with Gasteiger partial charge in [-0.05, 0) is 5.56 Å². The predicted octanol–water partition coefficient (Wildman–Crippen LogP) is 2.25. The number of nitrogen functional groups attached to an aromatic ring is 1. The van der Waals surface area contributed by atoms with Crippen molar-refractivity contribution in [3.05, 3.63) is 35.9 Å². The van der Waals surface area contributed by atoms with Crippen molar-refractivity contribution in [2.24, 2.45) is 0 Å². The van der Waals surface area contributed by atoms with Crippen molar-refractivity contribution in [3.8, 4) is 11.3 Å². The van der Waals surface area contributed by atoms with E-state index in [0.29, 0.717) is 11.6 Å². The first kappa shape index (κ1) is 14.6. The van der Waals surface area contributed by atoms with E-state index in [0.717, 1.165) is 11.1 Å². The van der Waals surface area contributed by atoms with E-state index in [4.69, 9.17) is 10.3 Å². The fourth-order valence-corrected chi connectivity index (χ4v) is 3.73. The molecule has 1 aromatic heterocycles. The Hall–Kier alpha value is -1.82. The van der Waals surface area contributed by atoms with E-state index in [-0.39, 0.29) is 5.75 Å². The fourth-order valence-electron chi connectivity index (χ4n) is 2.25. The Morgan fingerprint density at radius 3 is 2.30 bits per heavy atom. The Balaban J connectivity index is 2.28. The molecule has 1 heterocycles. The van der Waals surface area contributed by atoms with Crippen LogP contribution in [0.25, 0.3) is 11.3 Å². The Morgan fingerprint density at radius 2 is 1.85 bits per heavy atom. The molecule has 0 bridgehead atoms. The van der Waals surface area contributed by atoms with Crippen molar-refractivity contribution in [2.75, 3.05) is 17.7 Å². The maximum Gasteiger partial charge on any atom is 0.169 e. The average Bonchev–Trinajstić information content (AvgIpc) is 2.73. The molecule has 20 heavy (non-hydrogen) atoms. The standard InChI is InChI=1S/C14H18N2O3S/c1-14(2,9-20(3,17)18)11-6-4-10(5-7-11)12-8-13(15)16-19-12/h4-8H,9H2,1-3H3,(H2,15,16). The molecule has 2 aromatic rings. The highest BCUT2D eigenvalue weighted by Crippen LogP contribution is 2.28. The second-order valence-electron chi connectivity index (χ2n) is 5.65. The summed E-state index contributed by atoms with van der Waals surface area (Å²) < 4.78 is 28.0. The molecule has 1 aromatic carbocycles. The highest BCUT2D eigenvalue weighted by atomic mass is 32.2. The summed E-state index contributed by atoms with van der Waals surface area (Å²) in [7, 11) is -3.03. The van der Waals surface area contributed by atoms with Gasteiger partial charge < -0.3 is 10.3 Å². The number of sulfone groups is 1. The molecule has 0 unspecified atom stereocenters. The molecular weight excluding hydrogens is 276 g/mol. The van der Waals surface area contributed by atoms with Gasteiger partial charge in [-0.3, -0.25) is 0 Å². The molecule has 0 aliphatic carbocycles. The van der Waals surface area contributed by atoms with Gasteiger partial charge in [0.15, 0.2) is 11.6 Å². The van der Waals surface area contributed by atoms with E-state index in [1.807, 2.05) is 38.1 Å². The summed E-state index contributed by atoms with van der Waals surface area (Å²) in [6.45, 7) is 3.82. The van der Waals surface area contributed by atoms with Crippen LogP contribution in [0.5, 0.6) is 0 Å². The van der Waals surface area contributed by atoms with E-state index >= 15 is 0 Å². The van der Waals surface area contributed by atoms with Crippen LogP contribution in [-0.4, -0.2) is 25.6 Å². The van der Waals surface area contributed by atoms with Gasteiger partial charge in [0.05, 0.1) is 5.75 Å². The molecular formula is C14H18N2O3S. The highest BCUT2D eigenvalue weighted by molar-refractivity contribution is 7.90. The van der Waals surface area contributed by atoms with Gasteiger partial charge in [0.1, 0.15) is 9.84 Å². The van der Waals surface area contributed by atoms with Crippen LogP contribution in [0.2, 0.25) is 0 Å². The van der Waals surface area contributed by atoms with Gasteiger partial charge >= 0.3 is 0 Å². The van der Waals surface area contributed by atoms with E-state index in [1.54, 1.807) is 6.07 Å². The Labute approximate surface area is 118 Å². The zero-order valence-electron chi connectivity index (χ0n) is 11.8. The van der Waals surface area contributed by atoms with Crippen LogP contribution in [0.1, 0.15) is 19.4 Å². The Bertz CT molecular complexity index is 700. The molecule has 2 N–H and O–H groups in total. The maximum atomic E-state index is 11.5. The number of nitrogens with zero attached hydrogens (tertiary/aromatic N) is 1. The lowest BCUT2D eigenvalue weighted by molar-refractivity contribution is 0.436. The van der Waals surface area contributed by atoms with Crippen molar-refractivity contribution in [2.45, 2.75) is 19.3 Å². The number of aromatic nitrogens is 1. The van der Waals surface area contributed by atoms with Crippen molar-refractivity contribution in [1.82, 2.24) is 5.16 Å². The van der Waals surface area contributed by atoms with Crippen LogP contribution in [0.3, 0.4) is 0 Å². The van der Waals surface area contributed by atoms with E-state index in [9.17, 15) is 8.42 Å². The minimum atomic E-state index is -3.03. The van der Waals surface area contributed by atoms with Gasteiger partial charge in [-0.1, -0.05) is 43.3 Å². The minimum absolute atomic E-state index is 0.106. The number of hydrogen-bond donors (Lipinski definition) is 1. The summed E-state index contributed by atoms with van der Waals surface area (Å²) in [6.07, 6.45) is 1.25. The van der Waals surface area contributed by atoms with Crippen LogP contribution >= 0.6 is 0 Å². The molecule has 0 aliphatic heterocycles. The first-order valence-electron chi connectivity index (χ1n) is 6.18. The normalized spacial score (nSPS) is 12.6. The average molecular weight is 294 g/mol. The van der Waals surface area contributed by atoms with Gasteiger partial charge in [-0.15, -0.1) is 0 Å². The molecule has 0 saturated heterocycles. The number of anilines is 1.